The maximum Gasteiger partial charge on any atom is 0.343 e. The molecule has 1 saturated heterocycles. The van der Waals surface area contributed by atoms with Gasteiger partial charge in [0, 0.05) is 0 Å². The summed E-state index contributed by atoms with van der Waals surface area (Å²) in [4.78, 5) is 39.9. The summed E-state index contributed by atoms with van der Waals surface area (Å²) in [5, 5.41) is 0. The zero-order chi connectivity index (χ0) is 20.3. The predicted octanol–water partition coefficient (Wildman–Crippen LogP) is 3.83. The molecule has 2 amide bonds. The minimum atomic E-state index is -0.516. The van der Waals surface area contributed by atoms with Gasteiger partial charge in [-0.3, -0.25) is 9.59 Å². The summed E-state index contributed by atoms with van der Waals surface area (Å²) in [6.07, 6.45) is 5.03. The number of carbonyl (C=O) groups excluding carboxylic acids is 3. The average molecular weight is 387 g/mol. The van der Waals surface area contributed by atoms with Crippen molar-refractivity contribution in [1.29, 1.82) is 0 Å². The molecule has 3 aliphatic rings. The van der Waals surface area contributed by atoms with Crippen molar-refractivity contribution in [2.24, 2.45) is 23.7 Å². The number of nitrogens with zero attached hydrogens (tertiary/aromatic N) is 1. The molecule has 1 aliphatic heterocycles. The monoisotopic (exact) mass is 387 g/mol. The summed E-state index contributed by atoms with van der Waals surface area (Å²) in [5.74, 6) is -0.560. The number of benzene rings is 2. The van der Waals surface area contributed by atoms with E-state index in [1.807, 2.05) is 19.9 Å². The van der Waals surface area contributed by atoms with Crippen LogP contribution in [0.25, 0.3) is 0 Å². The van der Waals surface area contributed by atoms with E-state index in [9.17, 15) is 14.4 Å². The van der Waals surface area contributed by atoms with Gasteiger partial charge in [-0.1, -0.05) is 24.3 Å². The number of rotatable bonds is 3. The second kappa shape index (κ2) is 6.41. The summed E-state index contributed by atoms with van der Waals surface area (Å²) < 4.78 is 5.51. The Hall–Kier alpha value is -3.21. The van der Waals surface area contributed by atoms with Gasteiger partial charge in [0.15, 0.2) is 0 Å². The van der Waals surface area contributed by atoms with E-state index in [-0.39, 0.29) is 35.5 Å². The Bertz CT molecular complexity index is 1040. The van der Waals surface area contributed by atoms with E-state index in [2.05, 4.69) is 12.2 Å². The fraction of sp³-hybridized carbons (Fsp3) is 0.292. The van der Waals surface area contributed by atoms with E-state index in [0.29, 0.717) is 17.0 Å². The highest BCUT2D eigenvalue weighted by Crippen LogP contribution is 2.53. The molecule has 146 valence electrons. The standard InChI is InChI=1S/C24H21NO4/c1-13-8-14(2)10-19(9-13)29-24(28)17-4-3-5-18(12-17)25-22(26)20-15-6-7-16(11-15)21(20)23(25)27/h3-10,12,15-16,20-21H,11H2,1-2H3/t15-,16-,20-,21+/m0/s1. The number of imide groups is 1. The first-order valence-corrected chi connectivity index (χ1v) is 9.89. The first-order valence-electron chi connectivity index (χ1n) is 9.89. The number of allylic oxidation sites excluding steroid dienone is 2. The number of hydrogen-bond acceptors (Lipinski definition) is 4. The summed E-state index contributed by atoms with van der Waals surface area (Å²) in [7, 11) is 0. The molecule has 5 rings (SSSR count). The molecule has 1 heterocycles. The van der Waals surface area contributed by atoms with Crippen molar-refractivity contribution in [3.05, 3.63) is 71.3 Å². The first kappa shape index (κ1) is 17.9. The Labute approximate surface area is 169 Å². The molecule has 0 radical (unpaired) electrons. The lowest BCUT2D eigenvalue weighted by molar-refractivity contribution is -0.123. The van der Waals surface area contributed by atoms with Gasteiger partial charge in [-0.25, -0.2) is 9.69 Å². The second-order valence-electron chi connectivity index (χ2n) is 8.28. The van der Waals surface area contributed by atoms with Crippen LogP contribution in [0.15, 0.2) is 54.6 Å². The van der Waals surface area contributed by atoms with Crippen molar-refractivity contribution < 1.29 is 19.1 Å². The molecule has 2 fully saturated rings. The topological polar surface area (TPSA) is 63.7 Å². The average Bonchev–Trinajstić information content (AvgIpc) is 3.35. The smallest absolute Gasteiger partial charge is 0.343 e. The Kier molecular flexibility index (Phi) is 3.95. The zero-order valence-corrected chi connectivity index (χ0v) is 16.3. The normalized spacial score (nSPS) is 26.9. The molecule has 4 atom stereocenters. The van der Waals surface area contributed by atoms with E-state index < -0.39 is 5.97 Å². The number of esters is 1. The maximum atomic E-state index is 13.0. The van der Waals surface area contributed by atoms with Gasteiger partial charge in [-0.2, -0.15) is 0 Å². The van der Waals surface area contributed by atoms with Crippen LogP contribution in [0.4, 0.5) is 5.69 Å². The van der Waals surface area contributed by atoms with Crippen LogP contribution in [-0.4, -0.2) is 17.8 Å². The Morgan fingerprint density at radius 2 is 1.55 bits per heavy atom. The number of fused-ring (bicyclic) bond motifs is 5. The van der Waals surface area contributed by atoms with E-state index in [1.54, 1.807) is 36.4 Å². The van der Waals surface area contributed by atoms with Crippen LogP contribution >= 0.6 is 0 Å². The molecule has 2 aliphatic carbocycles. The van der Waals surface area contributed by atoms with Crippen molar-refractivity contribution in [1.82, 2.24) is 0 Å². The fourth-order valence-corrected chi connectivity index (χ4v) is 5.09. The fourth-order valence-electron chi connectivity index (χ4n) is 5.09. The van der Waals surface area contributed by atoms with Gasteiger partial charge in [-0.05, 0) is 73.6 Å². The number of aryl methyl sites for hydroxylation is 2. The first-order chi connectivity index (χ1) is 13.9. The van der Waals surface area contributed by atoms with E-state index in [0.717, 1.165) is 17.5 Å². The minimum Gasteiger partial charge on any atom is -0.423 e. The van der Waals surface area contributed by atoms with Gasteiger partial charge >= 0.3 is 5.97 Å². The third-order valence-electron chi connectivity index (χ3n) is 6.22. The van der Waals surface area contributed by atoms with Crippen molar-refractivity contribution in [2.75, 3.05) is 4.90 Å². The molecule has 0 N–H and O–H groups in total. The Morgan fingerprint density at radius 3 is 2.17 bits per heavy atom. The summed E-state index contributed by atoms with van der Waals surface area (Å²) in [6, 6.07) is 12.2. The predicted molar refractivity (Wildman–Crippen MR) is 108 cm³/mol. The molecular formula is C24H21NO4. The van der Waals surface area contributed by atoms with Crippen LogP contribution in [0.2, 0.25) is 0 Å². The molecule has 2 aromatic rings. The lowest BCUT2D eigenvalue weighted by Crippen LogP contribution is -2.33. The Balaban J connectivity index is 1.41. The number of hydrogen-bond donors (Lipinski definition) is 0. The third kappa shape index (κ3) is 2.80. The van der Waals surface area contributed by atoms with Gasteiger partial charge < -0.3 is 4.74 Å². The van der Waals surface area contributed by atoms with E-state index in [4.69, 9.17) is 4.74 Å². The van der Waals surface area contributed by atoms with Crippen molar-refractivity contribution in [2.45, 2.75) is 20.3 Å². The largest absolute Gasteiger partial charge is 0.423 e. The van der Waals surface area contributed by atoms with Gasteiger partial charge in [0.05, 0.1) is 23.1 Å². The molecular weight excluding hydrogens is 366 g/mol. The maximum absolute atomic E-state index is 13.0. The van der Waals surface area contributed by atoms with Crippen molar-refractivity contribution >= 4 is 23.5 Å². The van der Waals surface area contributed by atoms with Crippen LogP contribution in [0, 0.1) is 37.5 Å². The number of carbonyl (C=O) groups is 3. The highest BCUT2D eigenvalue weighted by molar-refractivity contribution is 6.23. The summed E-state index contributed by atoms with van der Waals surface area (Å²) in [5.41, 5.74) is 2.75. The zero-order valence-electron chi connectivity index (χ0n) is 16.3. The third-order valence-corrected chi connectivity index (χ3v) is 6.22. The molecule has 0 unspecified atom stereocenters. The number of ether oxygens (including phenoxy) is 1. The summed E-state index contributed by atoms with van der Waals surface area (Å²) in [6.45, 7) is 3.88. The van der Waals surface area contributed by atoms with Crippen LogP contribution in [0.1, 0.15) is 27.9 Å². The van der Waals surface area contributed by atoms with Gasteiger partial charge in [0.25, 0.3) is 0 Å². The summed E-state index contributed by atoms with van der Waals surface area (Å²) >= 11 is 0. The lowest BCUT2D eigenvalue weighted by Gasteiger charge is -2.18. The molecule has 0 aromatic heterocycles. The molecule has 2 aromatic carbocycles. The quantitative estimate of drug-likeness (QED) is 0.347. The van der Waals surface area contributed by atoms with Gasteiger partial charge in [0.1, 0.15) is 5.75 Å². The lowest BCUT2D eigenvalue weighted by atomic mass is 9.85. The molecule has 5 heteroatoms. The van der Waals surface area contributed by atoms with Gasteiger partial charge in [0.2, 0.25) is 11.8 Å². The van der Waals surface area contributed by atoms with Crippen LogP contribution in [0.5, 0.6) is 5.75 Å². The van der Waals surface area contributed by atoms with Crippen LogP contribution in [-0.2, 0) is 9.59 Å². The second-order valence-corrected chi connectivity index (χ2v) is 8.28. The van der Waals surface area contributed by atoms with Gasteiger partial charge in [-0.15, -0.1) is 0 Å². The van der Waals surface area contributed by atoms with E-state index in [1.165, 1.54) is 4.90 Å². The molecule has 5 nitrogen and oxygen atoms in total. The SMILES string of the molecule is Cc1cc(C)cc(OC(=O)c2cccc(N3C(=O)[C@@H]4[C@H](C3=O)[C@H]3C=C[C@H]4C3)c2)c1. The highest BCUT2D eigenvalue weighted by atomic mass is 16.5. The van der Waals surface area contributed by atoms with E-state index >= 15 is 0 Å². The van der Waals surface area contributed by atoms with Crippen molar-refractivity contribution in [3.8, 4) is 5.75 Å². The van der Waals surface area contributed by atoms with Crippen molar-refractivity contribution in [3.63, 3.8) is 0 Å². The van der Waals surface area contributed by atoms with Crippen LogP contribution < -0.4 is 9.64 Å². The number of anilines is 1. The van der Waals surface area contributed by atoms with Crippen LogP contribution in [0.3, 0.4) is 0 Å². The minimum absolute atomic E-state index is 0.156. The molecule has 2 bridgehead atoms. The molecule has 0 spiro atoms. The molecule has 1 saturated carbocycles. The number of amides is 2. The highest BCUT2D eigenvalue weighted by Gasteiger charge is 2.59. The molecule has 29 heavy (non-hydrogen) atoms. The Morgan fingerprint density at radius 1 is 0.931 bits per heavy atom.